The molecule has 0 aliphatic carbocycles. The largest absolute Gasteiger partial charge is 0.330 e. The molecular weight excluding hydrogens is 334 g/mol. The highest BCUT2D eigenvalue weighted by molar-refractivity contribution is 5.85. The molecule has 0 radical (unpaired) electrons. The minimum absolute atomic E-state index is 0.902. The van der Waals surface area contributed by atoms with Gasteiger partial charge in [0.05, 0.1) is 5.52 Å². The van der Waals surface area contributed by atoms with Gasteiger partial charge in [0.25, 0.3) is 0 Å². The molecule has 0 saturated carbocycles. The smallest absolute Gasteiger partial charge is 0.158 e. The molecular formula is C22H29N5. The average Bonchev–Trinajstić information content (AvgIpc) is 3.16. The normalized spacial score (nSPS) is 16.3. The van der Waals surface area contributed by atoms with E-state index in [1.165, 1.54) is 42.7 Å². The highest BCUT2D eigenvalue weighted by atomic mass is 15.2. The first-order valence-electron chi connectivity index (χ1n) is 9.96. The Bertz CT molecular complexity index is 922. The van der Waals surface area contributed by atoms with Gasteiger partial charge < -0.3 is 14.4 Å². The van der Waals surface area contributed by atoms with Gasteiger partial charge >= 0.3 is 0 Å². The van der Waals surface area contributed by atoms with Crippen LogP contribution in [-0.4, -0.2) is 64.1 Å². The van der Waals surface area contributed by atoms with Crippen molar-refractivity contribution in [3.8, 4) is 11.5 Å². The molecule has 3 heterocycles. The molecule has 0 N–H and O–H groups in total. The second-order valence-corrected chi connectivity index (χ2v) is 7.61. The third kappa shape index (κ3) is 3.89. The summed E-state index contributed by atoms with van der Waals surface area (Å²) in [5, 5.41) is 1.25. The number of fused-ring (bicyclic) bond motifs is 1. The fraction of sp³-hybridized carbons (Fsp3) is 0.455. The van der Waals surface area contributed by atoms with E-state index in [0.717, 1.165) is 36.5 Å². The SMILES string of the molecule is CCn1ccnc1-c1cc(C)c2cc(CCN3CCN(C)CC3)ccc2n1. The van der Waals surface area contributed by atoms with Gasteiger partial charge in [-0.15, -0.1) is 0 Å². The Labute approximate surface area is 161 Å². The lowest BCUT2D eigenvalue weighted by Gasteiger charge is -2.32. The second kappa shape index (κ2) is 7.79. The molecule has 27 heavy (non-hydrogen) atoms. The minimum Gasteiger partial charge on any atom is -0.330 e. The van der Waals surface area contributed by atoms with Crippen molar-refractivity contribution in [2.24, 2.45) is 0 Å². The van der Waals surface area contributed by atoms with Crippen LogP contribution in [0.15, 0.2) is 36.7 Å². The zero-order valence-corrected chi connectivity index (χ0v) is 16.6. The standard InChI is InChI=1S/C22H29N5/c1-4-27-10-8-23-22(27)21-15-17(2)19-16-18(5-6-20(19)24-21)7-9-26-13-11-25(3)12-14-26/h5-6,8,10,15-16H,4,7,9,11-14H2,1-3H3. The number of likely N-dealkylation sites (N-methyl/N-ethyl adjacent to an activating group) is 1. The number of hydrogen-bond donors (Lipinski definition) is 0. The molecule has 4 rings (SSSR count). The van der Waals surface area contributed by atoms with Crippen molar-refractivity contribution in [1.82, 2.24) is 24.3 Å². The molecule has 2 aromatic heterocycles. The quantitative estimate of drug-likeness (QED) is 0.698. The van der Waals surface area contributed by atoms with Crippen LogP contribution in [0.1, 0.15) is 18.1 Å². The van der Waals surface area contributed by atoms with Crippen molar-refractivity contribution in [3.05, 3.63) is 47.8 Å². The van der Waals surface area contributed by atoms with Crippen molar-refractivity contribution >= 4 is 10.9 Å². The lowest BCUT2D eigenvalue weighted by atomic mass is 10.0. The Hall–Kier alpha value is -2.24. The number of piperazine rings is 1. The lowest BCUT2D eigenvalue weighted by Crippen LogP contribution is -2.45. The maximum absolute atomic E-state index is 4.89. The van der Waals surface area contributed by atoms with Crippen LogP contribution in [0.2, 0.25) is 0 Å². The minimum atomic E-state index is 0.902. The molecule has 1 saturated heterocycles. The van der Waals surface area contributed by atoms with Gasteiger partial charge in [0.2, 0.25) is 0 Å². The summed E-state index contributed by atoms with van der Waals surface area (Å²) in [6.07, 6.45) is 4.96. The molecule has 5 heteroatoms. The van der Waals surface area contributed by atoms with Gasteiger partial charge in [-0.05, 0) is 56.6 Å². The maximum atomic E-state index is 4.89. The number of aryl methyl sites for hydroxylation is 2. The maximum Gasteiger partial charge on any atom is 0.158 e. The first-order valence-corrected chi connectivity index (χ1v) is 9.96. The molecule has 3 aromatic rings. The Morgan fingerprint density at radius 1 is 1.07 bits per heavy atom. The lowest BCUT2D eigenvalue weighted by molar-refractivity contribution is 0.155. The highest BCUT2D eigenvalue weighted by Crippen LogP contribution is 2.25. The van der Waals surface area contributed by atoms with Crippen LogP contribution in [0, 0.1) is 6.92 Å². The fourth-order valence-corrected chi connectivity index (χ4v) is 3.87. The Morgan fingerprint density at radius 2 is 1.89 bits per heavy atom. The van der Waals surface area contributed by atoms with E-state index in [1.807, 2.05) is 12.4 Å². The molecule has 142 valence electrons. The van der Waals surface area contributed by atoms with E-state index < -0.39 is 0 Å². The van der Waals surface area contributed by atoms with Gasteiger partial charge in [0, 0.05) is 57.0 Å². The van der Waals surface area contributed by atoms with Gasteiger partial charge in [-0.1, -0.05) is 6.07 Å². The number of nitrogens with zero attached hydrogens (tertiary/aromatic N) is 5. The number of pyridine rings is 1. The van der Waals surface area contributed by atoms with Crippen LogP contribution in [0.4, 0.5) is 0 Å². The molecule has 0 atom stereocenters. The zero-order valence-electron chi connectivity index (χ0n) is 16.6. The predicted octanol–water partition coefficient (Wildman–Crippen LogP) is 3.22. The zero-order chi connectivity index (χ0) is 18.8. The number of aromatic nitrogens is 3. The summed E-state index contributed by atoms with van der Waals surface area (Å²) in [5.41, 5.74) is 4.67. The summed E-state index contributed by atoms with van der Waals surface area (Å²) in [5.74, 6) is 0.946. The average molecular weight is 364 g/mol. The van der Waals surface area contributed by atoms with Crippen molar-refractivity contribution in [3.63, 3.8) is 0 Å². The molecule has 5 nitrogen and oxygen atoms in total. The van der Waals surface area contributed by atoms with Crippen LogP contribution in [-0.2, 0) is 13.0 Å². The highest BCUT2D eigenvalue weighted by Gasteiger charge is 2.14. The summed E-state index contributed by atoms with van der Waals surface area (Å²) in [4.78, 5) is 14.4. The summed E-state index contributed by atoms with van der Waals surface area (Å²) in [6.45, 7) is 11.1. The molecule has 1 aliphatic heterocycles. The first-order chi connectivity index (χ1) is 13.1. The van der Waals surface area contributed by atoms with Crippen molar-refractivity contribution in [2.45, 2.75) is 26.8 Å². The van der Waals surface area contributed by atoms with E-state index in [4.69, 9.17) is 4.98 Å². The van der Waals surface area contributed by atoms with Crippen molar-refractivity contribution in [1.29, 1.82) is 0 Å². The molecule has 1 aliphatic rings. The predicted molar refractivity (Wildman–Crippen MR) is 111 cm³/mol. The third-order valence-electron chi connectivity index (χ3n) is 5.68. The monoisotopic (exact) mass is 363 g/mol. The summed E-state index contributed by atoms with van der Waals surface area (Å²) in [7, 11) is 2.21. The van der Waals surface area contributed by atoms with Gasteiger partial charge in [-0.2, -0.15) is 0 Å². The van der Waals surface area contributed by atoms with Crippen LogP contribution in [0.5, 0.6) is 0 Å². The Balaban J connectivity index is 1.54. The van der Waals surface area contributed by atoms with Crippen LogP contribution >= 0.6 is 0 Å². The van der Waals surface area contributed by atoms with Crippen LogP contribution < -0.4 is 0 Å². The van der Waals surface area contributed by atoms with E-state index in [9.17, 15) is 0 Å². The molecule has 1 fully saturated rings. The second-order valence-electron chi connectivity index (χ2n) is 7.61. The number of imidazole rings is 1. The summed E-state index contributed by atoms with van der Waals surface area (Å²) >= 11 is 0. The van der Waals surface area contributed by atoms with E-state index in [0.29, 0.717) is 0 Å². The van der Waals surface area contributed by atoms with E-state index in [-0.39, 0.29) is 0 Å². The van der Waals surface area contributed by atoms with E-state index in [2.05, 4.69) is 64.5 Å². The van der Waals surface area contributed by atoms with E-state index >= 15 is 0 Å². The fourth-order valence-electron chi connectivity index (χ4n) is 3.87. The van der Waals surface area contributed by atoms with Gasteiger partial charge in [-0.3, -0.25) is 0 Å². The number of rotatable bonds is 5. The van der Waals surface area contributed by atoms with Crippen molar-refractivity contribution in [2.75, 3.05) is 39.8 Å². The van der Waals surface area contributed by atoms with Crippen LogP contribution in [0.3, 0.4) is 0 Å². The molecule has 0 spiro atoms. The Morgan fingerprint density at radius 3 is 2.67 bits per heavy atom. The molecule has 0 bridgehead atoms. The summed E-state index contributed by atoms with van der Waals surface area (Å²) in [6, 6.07) is 8.90. The topological polar surface area (TPSA) is 37.2 Å². The van der Waals surface area contributed by atoms with Crippen LogP contribution in [0.25, 0.3) is 22.4 Å². The molecule has 1 aromatic carbocycles. The van der Waals surface area contributed by atoms with Gasteiger partial charge in [-0.25, -0.2) is 9.97 Å². The Kier molecular flexibility index (Phi) is 5.23. The van der Waals surface area contributed by atoms with E-state index in [1.54, 1.807) is 0 Å². The van der Waals surface area contributed by atoms with Gasteiger partial charge in [0.15, 0.2) is 5.82 Å². The first kappa shape index (κ1) is 18.1. The third-order valence-corrected chi connectivity index (χ3v) is 5.68. The number of benzene rings is 1. The summed E-state index contributed by atoms with van der Waals surface area (Å²) < 4.78 is 2.14. The number of hydrogen-bond acceptors (Lipinski definition) is 4. The molecule has 0 amide bonds. The van der Waals surface area contributed by atoms with Crippen molar-refractivity contribution < 1.29 is 0 Å². The van der Waals surface area contributed by atoms with Gasteiger partial charge in [0.1, 0.15) is 5.69 Å². The molecule has 0 unspecified atom stereocenters.